The van der Waals surface area contributed by atoms with E-state index in [4.69, 9.17) is 0 Å². The Balaban J connectivity index is 1.69. The SMILES string of the molecule is O=C(Nc1ccc(N2CCCCCC2)cc1)c1cccc(F)c1F. The first-order valence-electron chi connectivity index (χ1n) is 8.25. The van der Waals surface area contributed by atoms with Gasteiger partial charge in [-0.15, -0.1) is 0 Å². The second-order valence-corrected chi connectivity index (χ2v) is 6.00. The fourth-order valence-electron chi connectivity index (χ4n) is 2.96. The quantitative estimate of drug-likeness (QED) is 0.892. The zero-order chi connectivity index (χ0) is 16.9. The summed E-state index contributed by atoms with van der Waals surface area (Å²) in [5.41, 5.74) is 1.38. The molecule has 3 rings (SSSR count). The lowest BCUT2D eigenvalue weighted by molar-refractivity contribution is 0.102. The molecule has 1 heterocycles. The number of anilines is 2. The molecule has 0 bridgehead atoms. The van der Waals surface area contributed by atoms with Crippen LogP contribution in [0.15, 0.2) is 42.5 Å². The summed E-state index contributed by atoms with van der Waals surface area (Å²) in [5, 5.41) is 2.60. The second kappa shape index (κ2) is 7.43. The number of nitrogens with one attached hydrogen (secondary N) is 1. The summed E-state index contributed by atoms with van der Waals surface area (Å²) >= 11 is 0. The summed E-state index contributed by atoms with van der Waals surface area (Å²) in [7, 11) is 0. The van der Waals surface area contributed by atoms with Crippen molar-refractivity contribution < 1.29 is 13.6 Å². The number of nitrogens with zero attached hydrogens (tertiary/aromatic N) is 1. The highest BCUT2D eigenvalue weighted by atomic mass is 19.2. The smallest absolute Gasteiger partial charge is 0.258 e. The van der Waals surface area contributed by atoms with Crippen LogP contribution in [0.4, 0.5) is 20.2 Å². The van der Waals surface area contributed by atoms with Crippen molar-refractivity contribution in [1.82, 2.24) is 0 Å². The average molecular weight is 330 g/mol. The van der Waals surface area contributed by atoms with Gasteiger partial charge in [0.1, 0.15) is 0 Å². The van der Waals surface area contributed by atoms with Crippen molar-refractivity contribution in [2.24, 2.45) is 0 Å². The van der Waals surface area contributed by atoms with E-state index in [0.717, 1.165) is 24.8 Å². The highest BCUT2D eigenvalue weighted by Gasteiger charge is 2.15. The number of halogens is 2. The molecule has 1 aliphatic rings. The van der Waals surface area contributed by atoms with Crippen molar-refractivity contribution in [3.05, 3.63) is 59.7 Å². The molecule has 3 nitrogen and oxygen atoms in total. The fourth-order valence-corrected chi connectivity index (χ4v) is 2.96. The van der Waals surface area contributed by atoms with E-state index in [1.807, 2.05) is 12.1 Å². The van der Waals surface area contributed by atoms with Crippen molar-refractivity contribution >= 4 is 17.3 Å². The molecule has 0 unspecified atom stereocenters. The molecular formula is C19H20F2N2O. The zero-order valence-electron chi connectivity index (χ0n) is 13.4. The van der Waals surface area contributed by atoms with Gasteiger partial charge in [-0.2, -0.15) is 0 Å². The molecule has 2 aromatic carbocycles. The van der Waals surface area contributed by atoms with Gasteiger partial charge < -0.3 is 10.2 Å². The van der Waals surface area contributed by atoms with Crippen molar-refractivity contribution in [3.8, 4) is 0 Å². The van der Waals surface area contributed by atoms with Gasteiger partial charge in [-0.1, -0.05) is 18.9 Å². The van der Waals surface area contributed by atoms with Crippen LogP contribution in [0.5, 0.6) is 0 Å². The molecule has 0 aromatic heterocycles. The minimum absolute atomic E-state index is 0.299. The van der Waals surface area contributed by atoms with Gasteiger partial charge in [0.15, 0.2) is 11.6 Å². The Kier molecular flexibility index (Phi) is 5.08. The first kappa shape index (κ1) is 16.4. The Labute approximate surface area is 140 Å². The monoisotopic (exact) mass is 330 g/mol. The van der Waals surface area contributed by atoms with E-state index in [2.05, 4.69) is 10.2 Å². The van der Waals surface area contributed by atoms with Gasteiger partial charge in [-0.05, 0) is 49.2 Å². The Morgan fingerprint density at radius 1 is 0.917 bits per heavy atom. The first-order valence-corrected chi connectivity index (χ1v) is 8.25. The third kappa shape index (κ3) is 3.72. The normalized spacial score (nSPS) is 15.0. The average Bonchev–Trinajstić information content (AvgIpc) is 2.87. The summed E-state index contributed by atoms with van der Waals surface area (Å²) < 4.78 is 26.9. The minimum atomic E-state index is -1.13. The topological polar surface area (TPSA) is 32.3 Å². The maximum Gasteiger partial charge on any atom is 0.258 e. The number of carbonyl (C=O) groups is 1. The Hall–Kier alpha value is -2.43. The molecule has 0 saturated carbocycles. The summed E-state index contributed by atoms with van der Waals surface area (Å²) in [6.07, 6.45) is 4.92. The van der Waals surface area contributed by atoms with E-state index in [1.165, 1.54) is 37.8 Å². The maximum absolute atomic E-state index is 13.7. The number of carbonyl (C=O) groups excluding carboxylic acids is 1. The third-order valence-electron chi connectivity index (χ3n) is 4.29. The lowest BCUT2D eigenvalue weighted by Crippen LogP contribution is -2.23. The summed E-state index contributed by atoms with van der Waals surface area (Å²) in [6.45, 7) is 2.08. The van der Waals surface area contributed by atoms with Crippen LogP contribution in [-0.4, -0.2) is 19.0 Å². The predicted octanol–water partition coefficient (Wildman–Crippen LogP) is 4.60. The molecule has 2 aromatic rings. The van der Waals surface area contributed by atoms with Gasteiger partial charge in [0, 0.05) is 24.5 Å². The Morgan fingerprint density at radius 3 is 2.25 bits per heavy atom. The molecule has 0 radical (unpaired) electrons. The first-order chi connectivity index (χ1) is 11.6. The standard InChI is InChI=1S/C19H20F2N2O/c20-17-7-5-6-16(18(17)21)19(24)22-14-8-10-15(11-9-14)23-12-3-1-2-4-13-23/h5-11H,1-4,12-13H2,(H,22,24). The third-order valence-corrected chi connectivity index (χ3v) is 4.29. The largest absolute Gasteiger partial charge is 0.372 e. The van der Waals surface area contributed by atoms with Crippen molar-refractivity contribution in [2.75, 3.05) is 23.3 Å². The number of rotatable bonds is 3. The molecule has 1 fully saturated rings. The molecule has 24 heavy (non-hydrogen) atoms. The zero-order valence-corrected chi connectivity index (χ0v) is 13.4. The van der Waals surface area contributed by atoms with Crippen LogP contribution in [0.2, 0.25) is 0 Å². The van der Waals surface area contributed by atoms with Crippen LogP contribution in [0.3, 0.4) is 0 Å². The molecule has 0 spiro atoms. The molecule has 1 N–H and O–H groups in total. The van der Waals surface area contributed by atoms with E-state index in [-0.39, 0.29) is 5.56 Å². The number of hydrogen-bond acceptors (Lipinski definition) is 2. The highest BCUT2D eigenvalue weighted by Crippen LogP contribution is 2.22. The molecule has 1 amide bonds. The summed E-state index contributed by atoms with van der Waals surface area (Å²) in [5.74, 6) is -2.81. The molecule has 0 aliphatic carbocycles. The lowest BCUT2D eigenvalue weighted by Gasteiger charge is -2.22. The number of hydrogen-bond donors (Lipinski definition) is 1. The van der Waals surface area contributed by atoms with Crippen molar-refractivity contribution in [1.29, 1.82) is 0 Å². The number of benzene rings is 2. The molecule has 0 atom stereocenters. The van der Waals surface area contributed by atoms with Crippen LogP contribution in [-0.2, 0) is 0 Å². The van der Waals surface area contributed by atoms with E-state index < -0.39 is 17.5 Å². The number of amides is 1. The van der Waals surface area contributed by atoms with Gasteiger partial charge in [0.25, 0.3) is 5.91 Å². The Morgan fingerprint density at radius 2 is 1.58 bits per heavy atom. The maximum atomic E-state index is 13.7. The molecule has 126 valence electrons. The molecule has 5 heteroatoms. The van der Waals surface area contributed by atoms with E-state index in [1.54, 1.807) is 12.1 Å². The van der Waals surface area contributed by atoms with Crippen LogP contribution < -0.4 is 10.2 Å². The Bertz CT molecular complexity index is 708. The van der Waals surface area contributed by atoms with E-state index in [0.29, 0.717) is 5.69 Å². The summed E-state index contributed by atoms with van der Waals surface area (Å²) in [4.78, 5) is 14.4. The predicted molar refractivity (Wildman–Crippen MR) is 91.4 cm³/mol. The minimum Gasteiger partial charge on any atom is -0.372 e. The second-order valence-electron chi connectivity index (χ2n) is 6.00. The van der Waals surface area contributed by atoms with E-state index >= 15 is 0 Å². The van der Waals surface area contributed by atoms with Crippen LogP contribution in [0, 0.1) is 11.6 Å². The van der Waals surface area contributed by atoms with Crippen molar-refractivity contribution in [2.45, 2.75) is 25.7 Å². The van der Waals surface area contributed by atoms with Gasteiger partial charge in [-0.25, -0.2) is 8.78 Å². The lowest BCUT2D eigenvalue weighted by atomic mass is 10.2. The van der Waals surface area contributed by atoms with Crippen LogP contribution >= 0.6 is 0 Å². The van der Waals surface area contributed by atoms with Gasteiger partial charge >= 0.3 is 0 Å². The van der Waals surface area contributed by atoms with Gasteiger partial charge in [-0.3, -0.25) is 4.79 Å². The molecule has 1 aliphatic heterocycles. The van der Waals surface area contributed by atoms with Crippen molar-refractivity contribution in [3.63, 3.8) is 0 Å². The molecular weight excluding hydrogens is 310 g/mol. The van der Waals surface area contributed by atoms with Gasteiger partial charge in [0.05, 0.1) is 5.56 Å². The highest BCUT2D eigenvalue weighted by molar-refractivity contribution is 6.04. The van der Waals surface area contributed by atoms with Crippen LogP contribution in [0.25, 0.3) is 0 Å². The summed E-state index contributed by atoms with van der Waals surface area (Å²) in [6, 6.07) is 11.0. The molecule has 1 saturated heterocycles. The van der Waals surface area contributed by atoms with E-state index in [9.17, 15) is 13.6 Å². The van der Waals surface area contributed by atoms with Crippen LogP contribution in [0.1, 0.15) is 36.0 Å². The fraction of sp³-hybridized carbons (Fsp3) is 0.316. The van der Waals surface area contributed by atoms with Gasteiger partial charge in [0.2, 0.25) is 0 Å².